The first-order valence-electron chi connectivity index (χ1n) is 7.07. The monoisotopic (exact) mass is 348 g/mol. The van der Waals surface area contributed by atoms with Gasteiger partial charge in [0.05, 0.1) is 5.70 Å². The second kappa shape index (κ2) is 7.02. The minimum Gasteiger partial charge on any atom is -0.456 e. The van der Waals surface area contributed by atoms with Crippen LogP contribution >= 0.6 is 23.2 Å². The first-order chi connectivity index (χ1) is 11.1. The van der Waals surface area contributed by atoms with Crippen LogP contribution in [0.2, 0.25) is 10.2 Å². The summed E-state index contributed by atoms with van der Waals surface area (Å²) in [6.45, 7) is 1.49. The van der Waals surface area contributed by atoms with Crippen molar-refractivity contribution in [1.82, 2.24) is 9.88 Å². The van der Waals surface area contributed by atoms with Gasteiger partial charge in [-0.25, -0.2) is 9.78 Å². The predicted octanol–water partition coefficient (Wildman–Crippen LogP) is 3.83. The van der Waals surface area contributed by atoms with E-state index in [2.05, 4.69) is 9.88 Å². The molecule has 0 unspecified atom stereocenters. The van der Waals surface area contributed by atoms with E-state index >= 15 is 0 Å². The summed E-state index contributed by atoms with van der Waals surface area (Å²) in [5.74, 6) is -0.315. The van der Waals surface area contributed by atoms with Crippen LogP contribution in [-0.2, 0) is 22.6 Å². The van der Waals surface area contributed by atoms with Gasteiger partial charge in [-0.1, -0.05) is 41.4 Å². The summed E-state index contributed by atoms with van der Waals surface area (Å²) in [5.41, 5.74) is 2.89. The molecule has 0 amide bonds. The molecule has 1 aromatic heterocycles. The molecule has 1 aromatic carbocycles. The maximum Gasteiger partial charge on any atom is 0.333 e. The number of rotatable bonds is 5. The molecule has 1 aliphatic rings. The summed E-state index contributed by atoms with van der Waals surface area (Å²) in [7, 11) is 0. The lowest BCUT2D eigenvalue weighted by atomic mass is 10.1. The average molecular weight is 349 g/mol. The Morgan fingerprint density at radius 2 is 1.96 bits per heavy atom. The Hall–Kier alpha value is -2.04. The van der Waals surface area contributed by atoms with Gasteiger partial charge in [0.2, 0.25) is 0 Å². The maximum atomic E-state index is 11.4. The third kappa shape index (κ3) is 4.24. The first-order valence-corrected chi connectivity index (χ1v) is 7.83. The minimum atomic E-state index is -0.315. The van der Waals surface area contributed by atoms with Crippen molar-refractivity contribution in [3.8, 4) is 0 Å². The highest BCUT2D eigenvalue weighted by Gasteiger charge is 2.20. The molecule has 23 heavy (non-hydrogen) atoms. The van der Waals surface area contributed by atoms with Crippen LogP contribution in [0.4, 0.5) is 0 Å². The molecule has 2 aromatic rings. The van der Waals surface area contributed by atoms with Crippen molar-refractivity contribution in [2.45, 2.75) is 13.1 Å². The van der Waals surface area contributed by atoms with Crippen LogP contribution in [-0.4, -0.2) is 22.5 Å². The fraction of sp³-hybridized carbons (Fsp3) is 0.176. The van der Waals surface area contributed by atoms with Crippen molar-refractivity contribution in [2.75, 3.05) is 6.61 Å². The maximum absolute atomic E-state index is 11.4. The molecule has 1 aliphatic heterocycles. The zero-order valence-electron chi connectivity index (χ0n) is 12.2. The Bertz CT molecular complexity index is 745. The number of hydrogen-bond acceptors (Lipinski definition) is 4. The number of hydrogen-bond donors (Lipinski definition) is 0. The SMILES string of the molecule is O=C1C=C(N(Cc2ccc(Cl)nc2)Cc2cccc(Cl)c2)CO1. The fourth-order valence-electron chi connectivity index (χ4n) is 2.38. The molecule has 0 fully saturated rings. The summed E-state index contributed by atoms with van der Waals surface area (Å²) in [6.07, 6.45) is 3.25. The molecule has 0 radical (unpaired) electrons. The Kier molecular flexibility index (Phi) is 4.84. The predicted molar refractivity (Wildman–Crippen MR) is 89.0 cm³/mol. The van der Waals surface area contributed by atoms with Crippen LogP contribution in [0.1, 0.15) is 11.1 Å². The van der Waals surface area contributed by atoms with Crippen molar-refractivity contribution >= 4 is 29.2 Å². The zero-order valence-corrected chi connectivity index (χ0v) is 13.7. The number of benzene rings is 1. The van der Waals surface area contributed by atoms with Crippen LogP contribution in [0.3, 0.4) is 0 Å². The molecule has 0 saturated carbocycles. The summed E-state index contributed by atoms with van der Waals surface area (Å²) in [6, 6.07) is 11.3. The molecule has 3 rings (SSSR count). The number of pyridine rings is 1. The van der Waals surface area contributed by atoms with Gasteiger partial charge in [0.1, 0.15) is 11.8 Å². The topological polar surface area (TPSA) is 42.4 Å². The van der Waals surface area contributed by atoms with E-state index < -0.39 is 0 Å². The number of nitrogens with zero attached hydrogens (tertiary/aromatic N) is 2. The lowest BCUT2D eigenvalue weighted by Gasteiger charge is -2.25. The molecule has 0 spiro atoms. The molecule has 0 atom stereocenters. The summed E-state index contributed by atoms with van der Waals surface area (Å²) >= 11 is 11.9. The number of carbonyl (C=O) groups excluding carboxylic acids is 1. The van der Waals surface area contributed by atoms with Crippen LogP contribution in [0.15, 0.2) is 54.4 Å². The van der Waals surface area contributed by atoms with Crippen molar-refractivity contribution < 1.29 is 9.53 Å². The van der Waals surface area contributed by atoms with Crippen LogP contribution in [0.5, 0.6) is 0 Å². The van der Waals surface area contributed by atoms with Gasteiger partial charge in [0.15, 0.2) is 0 Å². The van der Waals surface area contributed by atoms with E-state index in [4.69, 9.17) is 27.9 Å². The second-order valence-corrected chi connectivity index (χ2v) is 6.04. The van der Waals surface area contributed by atoms with Gasteiger partial charge in [-0.3, -0.25) is 0 Å². The number of ether oxygens (including phenoxy) is 1. The quantitative estimate of drug-likeness (QED) is 0.608. The zero-order chi connectivity index (χ0) is 16.2. The number of cyclic esters (lactones) is 1. The van der Waals surface area contributed by atoms with Crippen molar-refractivity contribution in [3.05, 3.63) is 75.7 Å². The summed E-state index contributed by atoms with van der Waals surface area (Å²) in [4.78, 5) is 17.6. The highest BCUT2D eigenvalue weighted by atomic mass is 35.5. The average Bonchev–Trinajstić information content (AvgIpc) is 2.95. The van der Waals surface area contributed by atoms with Gasteiger partial charge in [-0.2, -0.15) is 0 Å². The van der Waals surface area contributed by atoms with E-state index in [1.807, 2.05) is 30.3 Å². The Morgan fingerprint density at radius 3 is 2.61 bits per heavy atom. The van der Waals surface area contributed by atoms with Gasteiger partial charge in [0.25, 0.3) is 0 Å². The summed E-state index contributed by atoms with van der Waals surface area (Å²) in [5, 5.41) is 1.14. The lowest BCUT2D eigenvalue weighted by molar-refractivity contribution is -0.135. The summed E-state index contributed by atoms with van der Waals surface area (Å²) < 4.78 is 5.03. The van der Waals surface area contributed by atoms with Gasteiger partial charge in [-0.05, 0) is 29.3 Å². The van der Waals surface area contributed by atoms with Crippen molar-refractivity contribution in [1.29, 1.82) is 0 Å². The number of esters is 1. The van der Waals surface area contributed by atoms with Gasteiger partial charge < -0.3 is 9.64 Å². The molecule has 6 heteroatoms. The van der Waals surface area contributed by atoms with Gasteiger partial charge in [0, 0.05) is 30.4 Å². The second-order valence-electron chi connectivity index (χ2n) is 5.22. The molecule has 118 valence electrons. The van der Waals surface area contributed by atoms with Crippen LogP contribution in [0, 0.1) is 0 Å². The standard InChI is InChI=1S/C17H14Cl2N2O2/c18-14-3-1-2-12(6-14)9-21(15-7-17(22)23-11-15)10-13-4-5-16(19)20-8-13/h1-8H,9-11H2. The van der Waals surface area contributed by atoms with Crippen LogP contribution < -0.4 is 0 Å². The van der Waals surface area contributed by atoms with E-state index in [0.717, 1.165) is 16.8 Å². The largest absolute Gasteiger partial charge is 0.456 e. The van der Waals surface area contributed by atoms with E-state index in [-0.39, 0.29) is 12.6 Å². The number of halogens is 2. The molecular formula is C17H14Cl2N2O2. The minimum absolute atomic E-state index is 0.278. The normalized spacial score (nSPS) is 13.7. The lowest BCUT2D eigenvalue weighted by Crippen LogP contribution is -2.23. The van der Waals surface area contributed by atoms with Gasteiger partial charge in [-0.15, -0.1) is 0 Å². The molecule has 2 heterocycles. The third-order valence-electron chi connectivity index (χ3n) is 3.48. The van der Waals surface area contributed by atoms with E-state index in [1.54, 1.807) is 12.3 Å². The molecule has 0 aliphatic carbocycles. The number of carbonyl (C=O) groups is 1. The third-order valence-corrected chi connectivity index (χ3v) is 3.94. The molecular weight excluding hydrogens is 335 g/mol. The first kappa shape index (κ1) is 15.8. The smallest absolute Gasteiger partial charge is 0.333 e. The Morgan fingerprint density at radius 1 is 1.13 bits per heavy atom. The fourth-order valence-corrected chi connectivity index (χ4v) is 2.71. The molecule has 4 nitrogen and oxygen atoms in total. The number of aromatic nitrogens is 1. The van der Waals surface area contributed by atoms with Gasteiger partial charge >= 0.3 is 5.97 Å². The van der Waals surface area contributed by atoms with E-state index in [0.29, 0.717) is 23.3 Å². The highest BCUT2D eigenvalue weighted by molar-refractivity contribution is 6.30. The Labute approximate surface area is 144 Å². The van der Waals surface area contributed by atoms with Crippen molar-refractivity contribution in [2.24, 2.45) is 0 Å². The highest BCUT2D eigenvalue weighted by Crippen LogP contribution is 2.21. The Balaban J connectivity index is 1.83. The molecule has 0 N–H and O–H groups in total. The van der Waals surface area contributed by atoms with E-state index in [9.17, 15) is 4.79 Å². The van der Waals surface area contributed by atoms with Crippen LogP contribution in [0.25, 0.3) is 0 Å². The molecule has 0 saturated heterocycles. The van der Waals surface area contributed by atoms with Crippen molar-refractivity contribution in [3.63, 3.8) is 0 Å². The van der Waals surface area contributed by atoms with E-state index in [1.165, 1.54) is 6.08 Å². The molecule has 0 bridgehead atoms.